The van der Waals surface area contributed by atoms with E-state index in [4.69, 9.17) is 0 Å². The van der Waals surface area contributed by atoms with E-state index in [1.54, 1.807) is 5.57 Å². The molecule has 2 aliphatic rings. The molecule has 0 amide bonds. The Labute approximate surface area is 129 Å². The average molecular weight is 284 g/mol. The summed E-state index contributed by atoms with van der Waals surface area (Å²) in [5.74, 6) is 0. The SMILES string of the molecule is CC1=C(CNC2CCCCC2)CC(C)N1c1ccccc1. The minimum absolute atomic E-state index is 0.579. The fraction of sp³-hybridized carbons (Fsp3) is 0.579. The molecule has 114 valence electrons. The monoisotopic (exact) mass is 284 g/mol. The quantitative estimate of drug-likeness (QED) is 0.877. The molecule has 1 heterocycles. The highest BCUT2D eigenvalue weighted by Gasteiger charge is 2.27. The van der Waals surface area contributed by atoms with Gasteiger partial charge in [-0.2, -0.15) is 0 Å². The summed E-state index contributed by atoms with van der Waals surface area (Å²) in [6, 6.07) is 12.1. The Hall–Kier alpha value is -1.28. The summed E-state index contributed by atoms with van der Waals surface area (Å²) in [5, 5.41) is 3.80. The summed E-state index contributed by atoms with van der Waals surface area (Å²) in [4.78, 5) is 2.50. The van der Waals surface area contributed by atoms with Crippen molar-refractivity contribution in [2.75, 3.05) is 11.4 Å². The van der Waals surface area contributed by atoms with Gasteiger partial charge in [0.05, 0.1) is 0 Å². The van der Waals surface area contributed by atoms with E-state index in [1.807, 2.05) is 0 Å². The number of allylic oxidation sites excluding steroid dienone is 1. The summed E-state index contributed by atoms with van der Waals surface area (Å²) in [6.45, 7) is 5.70. The lowest BCUT2D eigenvalue weighted by molar-refractivity contribution is 0.381. The van der Waals surface area contributed by atoms with Gasteiger partial charge in [0.2, 0.25) is 0 Å². The van der Waals surface area contributed by atoms with Crippen LogP contribution in [0.15, 0.2) is 41.6 Å². The molecule has 0 aromatic heterocycles. The van der Waals surface area contributed by atoms with Crippen LogP contribution in [-0.2, 0) is 0 Å². The minimum Gasteiger partial charge on any atom is -0.342 e. The average Bonchev–Trinajstić information content (AvgIpc) is 2.81. The van der Waals surface area contributed by atoms with Crippen LogP contribution >= 0.6 is 0 Å². The molecule has 1 aliphatic heterocycles. The van der Waals surface area contributed by atoms with Gasteiger partial charge in [-0.15, -0.1) is 0 Å². The van der Waals surface area contributed by atoms with E-state index in [0.29, 0.717) is 6.04 Å². The van der Waals surface area contributed by atoms with Crippen LogP contribution in [-0.4, -0.2) is 18.6 Å². The molecule has 1 saturated carbocycles. The molecule has 21 heavy (non-hydrogen) atoms. The number of para-hydroxylation sites is 1. The molecule has 3 rings (SSSR count). The third-order valence-corrected chi connectivity index (χ3v) is 5.10. The Bertz CT molecular complexity index is 486. The first kappa shape index (κ1) is 14.6. The second kappa shape index (κ2) is 6.65. The molecule has 0 radical (unpaired) electrons. The molecular formula is C19H28N2. The van der Waals surface area contributed by atoms with E-state index < -0.39 is 0 Å². The molecule has 1 aromatic rings. The number of hydrogen-bond acceptors (Lipinski definition) is 2. The maximum Gasteiger partial charge on any atom is 0.0410 e. The van der Waals surface area contributed by atoms with E-state index in [2.05, 4.69) is 54.4 Å². The molecule has 0 bridgehead atoms. The number of anilines is 1. The lowest BCUT2D eigenvalue weighted by Gasteiger charge is -2.26. The van der Waals surface area contributed by atoms with Crippen LogP contribution in [0.5, 0.6) is 0 Å². The second-order valence-electron chi connectivity index (χ2n) is 6.66. The van der Waals surface area contributed by atoms with Gasteiger partial charge in [0.1, 0.15) is 0 Å². The van der Waals surface area contributed by atoms with Crippen LogP contribution in [0, 0.1) is 0 Å². The van der Waals surface area contributed by atoms with Gasteiger partial charge < -0.3 is 10.2 Å². The largest absolute Gasteiger partial charge is 0.342 e. The summed E-state index contributed by atoms with van der Waals surface area (Å²) >= 11 is 0. The van der Waals surface area contributed by atoms with Gasteiger partial charge in [0, 0.05) is 30.0 Å². The van der Waals surface area contributed by atoms with Crippen molar-refractivity contribution in [2.24, 2.45) is 0 Å². The lowest BCUT2D eigenvalue weighted by Crippen LogP contribution is -2.32. The summed E-state index contributed by atoms with van der Waals surface area (Å²) in [6.07, 6.45) is 8.16. The van der Waals surface area contributed by atoms with Crippen molar-refractivity contribution in [3.63, 3.8) is 0 Å². The molecule has 0 saturated heterocycles. The van der Waals surface area contributed by atoms with Crippen LogP contribution in [0.1, 0.15) is 52.4 Å². The summed E-state index contributed by atoms with van der Waals surface area (Å²) in [7, 11) is 0. The van der Waals surface area contributed by atoms with Crippen molar-refractivity contribution in [3.05, 3.63) is 41.6 Å². The first-order valence-corrected chi connectivity index (χ1v) is 8.52. The number of hydrogen-bond donors (Lipinski definition) is 1. The van der Waals surface area contributed by atoms with Gasteiger partial charge in [0.25, 0.3) is 0 Å². The highest BCUT2D eigenvalue weighted by Crippen LogP contribution is 2.33. The third kappa shape index (κ3) is 3.32. The van der Waals surface area contributed by atoms with Gasteiger partial charge in [-0.25, -0.2) is 0 Å². The Balaban J connectivity index is 1.66. The third-order valence-electron chi connectivity index (χ3n) is 5.10. The Morgan fingerprint density at radius 2 is 1.81 bits per heavy atom. The van der Waals surface area contributed by atoms with Crippen LogP contribution in [0.25, 0.3) is 0 Å². The highest BCUT2D eigenvalue weighted by molar-refractivity contribution is 5.56. The molecule has 1 N–H and O–H groups in total. The van der Waals surface area contributed by atoms with E-state index in [0.717, 1.165) is 12.6 Å². The van der Waals surface area contributed by atoms with Gasteiger partial charge in [-0.05, 0) is 50.8 Å². The zero-order valence-corrected chi connectivity index (χ0v) is 13.4. The lowest BCUT2D eigenvalue weighted by atomic mass is 9.95. The van der Waals surface area contributed by atoms with E-state index in [-0.39, 0.29) is 0 Å². The molecule has 1 atom stereocenters. The van der Waals surface area contributed by atoms with Gasteiger partial charge in [-0.3, -0.25) is 0 Å². The van der Waals surface area contributed by atoms with E-state index in [1.165, 1.54) is 49.9 Å². The molecule has 2 heteroatoms. The topological polar surface area (TPSA) is 15.3 Å². The fourth-order valence-electron chi connectivity index (χ4n) is 3.91. The number of nitrogens with one attached hydrogen (secondary N) is 1. The molecule has 1 fully saturated rings. The minimum atomic E-state index is 0.579. The molecular weight excluding hydrogens is 256 g/mol. The molecule has 1 unspecified atom stereocenters. The Kier molecular flexibility index (Phi) is 4.64. The molecule has 0 spiro atoms. The highest BCUT2D eigenvalue weighted by atomic mass is 15.2. The Morgan fingerprint density at radius 3 is 2.52 bits per heavy atom. The van der Waals surface area contributed by atoms with Crippen molar-refractivity contribution >= 4 is 5.69 Å². The van der Waals surface area contributed by atoms with Crippen LogP contribution < -0.4 is 10.2 Å². The predicted molar refractivity (Wildman–Crippen MR) is 90.6 cm³/mol. The summed E-state index contributed by atoms with van der Waals surface area (Å²) in [5.41, 5.74) is 4.38. The van der Waals surface area contributed by atoms with E-state index >= 15 is 0 Å². The number of benzene rings is 1. The smallest absolute Gasteiger partial charge is 0.0410 e. The second-order valence-corrected chi connectivity index (χ2v) is 6.66. The molecule has 2 nitrogen and oxygen atoms in total. The van der Waals surface area contributed by atoms with Crippen LogP contribution in [0.4, 0.5) is 5.69 Å². The van der Waals surface area contributed by atoms with Crippen molar-refractivity contribution < 1.29 is 0 Å². The normalized spacial score (nSPS) is 23.9. The van der Waals surface area contributed by atoms with Crippen molar-refractivity contribution in [3.8, 4) is 0 Å². The maximum absolute atomic E-state index is 3.80. The van der Waals surface area contributed by atoms with Gasteiger partial charge in [0.15, 0.2) is 0 Å². The van der Waals surface area contributed by atoms with Crippen molar-refractivity contribution in [1.82, 2.24) is 5.32 Å². The zero-order valence-electron chi connectivity index (χ0n) is 13.4. The molecule has 1 aliphatic carbocycles. The van der Waals surface area contributed by atoms with Gasteiger partial charge >= 0.3 is 0 Å². The fourth-order valence-corrected chi connectivity index (χ4v) is 3.91. The Morgan fingerprint density at radius 1 is 1.10 bits per heavy atom. The number of nitrogens with zero attached hydrogens (tertiary/aromatic N) is 1. The molecule has 1 aromatic carbocycles. The van der Waals surface area contributed by atoms with Crippen LogP contribution in [0.2, 0.25) is 0 Å². The van der Waals surface area contributed by atoms with Crippen molar-refractivity contribution in [1.29, 1.82) is 0 Å². The standard InChI is InChI=1S/C19H28N2/c1-15-13-17(14-20-18-9-5-3-6-10-18)16(2)21(15)19-11-7-4-8-12-19/h4,7-8,11-12,15,18,20H,3,5-6,9-10,13-14H2,1-2H3. The first-order valence-electron chi connectivity index (χ1n) is 8.52. The predicted octanol–water partition coefficient (Wildman–Crippen LogP) is 4.48. The number of rotatable bonds is 4. The first-order chi connectivity index (χ1) is 10.3. The maximum atomic E-state index is 3.80. The zero-order chi connectivity index (χ0) is 14.7. The van der Waals surface area contributed by atoms with E-state index in [9.17, 15) is 0 Å². The van der Waals surface area contributed by atoms with Gasteiger partial charge in [-0.1, -0.05) is 37.5 Å². The van der Waals surface area contributed by atoms with Crippen LogP contribution in [0.3, 0.4) is 0 Å². The summed E-state index contributed by atoms with van der Waals surface area (Å²) < 4.78 is 0. The van der Waals surface area contributed by atoms with Crippen molar-refractivity contribution in [2.45, 2.75) is 64.5 Å².